The standard InChI is InChI=1S/C11H8O6/c1-3-7(13)4-2-5(12)9(15)11(17)6(4)10(16)8(3)14/h2,12-13,15,17H,1H3. The van der Waals surface area contributed by atoms with Crippen LogP contribution >= 0.6 is 0 Å². The maximum Gasteiger partial charge on any atom is 0.237 e. The minimum atomic E-state index is -1.04. The Bertz CT molecular complexity index is 596. The molecular formula is C11H8O6. The molecule has 0 bridgehead atoms. The molecule has 2 rings (SSSR count). The number of phenolic OH excluding ortho intramolecular Hbond substituents is 3. The van der Waals surface area contributed by atoms with E-state index in [1.165, 1.54) is 6.92 Å². The lowest BCUT2D eigenvalue weighted by atomic mass is 9.88. The summed E-state index contributed by atoms with van der Waals surface area (Å²) in [6.07, 6.45) is 0. The molecule has 0 saturated carbocycles. The molecule has 0 aliphatic heterocycles. The van der Waals surface area contributed by atoms with Gasteiger partial charge in [0, 0.05) is 11.1 Å². The maximum absolute atomic E-state index is 11.6. The number of carbonyl (C=O) groups excluding carboxylic acids is 2. The third kappa shape index (κ3) is 1.27. The van der Waals surface area contributed by atoms with Crippen LogP contribution in [0.25, 0.3) is 5.76 Å². The zero-order chi connectivity index (χ0) is 12.9. The predicted molar refractivity (Wildman–Crippen MR) is 56.0 cm³/mol. The van der Waals surface area contributed by atoms with Crippen molar-refractivity contribution < 1.29 is 30.0 Å². The van der Waals surface area contributed by atoms with Crippen molar-refractivity contribution in [3.8, 4) is 17.2 Å². The fraction of sp³-hybridized carbons (Fsp3) is 0.0909. The second-order valence-corrected chi connectivity index (χ2v) is 3.65. The van der Waals surface area contributed by atoms with Crippen LogP contribution in [0.2, 0.25) is 0 Å². The molecule has 1 aliphatic rings. The molecule has 0 atom stereocenters. The highest BCUT2D eigenvalue weighted by Crippen LogP contribution is 2.43. The van der Waals surface area contributed by atoms with Gasteiger partial charge in [0.05, 0.1) is 5.56 Å². The minimum Gasteiger partial charge on any atom is -0.507 e. The van der Waals surface area contributed by atoms with Crippen molar-refractivity contribution in [3.05, 3.63) is 22.8 Å². The molecule has 88 valence electrons. The first-order valence-electron chi connectivity index (χ1n) is 4.63. The number of allylic oxidation sites excluding steroid dienone is 1. The molecule has 0 amide bonds. The van der Waals surface area contributed by atoms with E-state index in [2.05, 4.69) is 0 Å². The predicted octanol–water partition coefficient (Wildman–Crippen LogP) is 0.858. The molecule has 4 N–H and O–H groups in total. The van der Waals surface area contributed by atoms with Crippen LogP contribution in [0.15, 0.2) is 11.6 Å². The van der Waals surface area contributed by atoms with E-state index in [-0.39, 0.29) is 11.1 Å². The van der Waals surface area contributed by atoms with Crippen molar-refractivity contribution in [3.63, 3.8) is 0 Å². The quantitative estimate of drug-likeness (QED) is 0.392. The van der Waals surface area contributed by atoms with Crippen LogP contribution in [0.4, 0.5) is 0 Å². The van der Waals surface area contributed by atoms with Crippen LogP contribution in [-0.4, -0.2) is 32.0 Å². The Morgan fingerprint density at radius 1 is 0.941 bits per heavy atom. The first-order valence-corrected chi connectivity index (χ1v) is 4.63. The minimum absolute atomic E-state index is 0.174. The summed E-state index contributed by atoms with van der Waals surface area (Å²) in [5.74, 6) is -5.02. The molecule has 6 nitrogen and oxygen atoms in total. The number of hydrogen-bond acceptors (Lipinski definition) is 6. The number of Topliss-reactive ketones (excluding diaryl/α,β-unsaturated/α-hetero) is 2. The molecule has 0 heterocycles. The molecule has 0 unspecified atom stereocenters. The highest BCUT2D eigenvalue weighted by molar-refractivity contribution is 6.52. The van der Waals surface area contributed by atoms with Gasteiger partial charge in [-0.3, -0.25) is 9.59 Å². The second-order valence-electron chi connectivity index (χ2n) is 3.65. The van der Waals surface area contributed by atoms with Gasteiger partial charge >= 0.3 is 0 Å². The van der Waals surface area contributed by atoms with Gasteiger partial charge in [0.15, 0.2) is 11.5 Å². The highest BCUT2D eigenvalue weighted by Gasteiger charge is 2.35. The Morgan fingerprint density at radius 3 is 2.12 bits per heavy atom. The number of ketones is 2. The number of fused-ring (bicyclic) bond motifs is 1. The zero-order valence-electron chi connectivity index (χ0n) is 8.68. The molecule has 1 aliphatic carbocycles. The van der Waals surface area contributed by atoms with Gasteiger partial charge in [-0.1, -0.05) is 0 Å². The van der Waals surface area contributed by atoms with E-state index in [9.17, 15) is 30.0 Å². The molecule has 0 saturated heterocycles. The summed E-state index contributed by atoms with van der Waals surface area (Å²) >= 11 is 0. The number of phenols is 3. The third-order valence-corrected chi connectivity index (χ3v) is 2.64. The van der Waals surface area contributed by atoms with E-state index in [0.29, 0.717) is 0 Å². The number of aromatic hydroxyl groups is 3. The molecule has 1 aromatic carbocycles. The third-order valence-electron chi connectivity index (χ3n) is 2.64. The number of benzene rings is 1. The van der Waals surface area contributed by atoms with Crippen molar-refractivity contribution >= 4 is 17.3 Å². The van der Waals surface area contributed by atoms with Crippen molar-refractivity contribution in [2.75, 3.05) is 0 Å². The van der Waals surface area contributed by atoms with Gasteiger partial charge < -0.3 is 20.4 Å². The summed E-state index contributed by atoms with van der Waals surface area (Å²) in [5.41, 5.74) is -0.861. The van der Waals surface area contributed by atoms with Crippen LogP contribution < -0.4 is 0 Å². The van der Waals surface area contributed by atoms with Gasteiger partial charge in [0.2, 0.25) is 17.3 Å². The topological polar surface area (TPSA) is 115 Å². The number of rotatable bonds is 0. The molecule has 1 aromatic rings. The molecule has 6 heteroatoms. The lowest BCUT2D eigenvalue weighted by molar-refractivity contribution is -0.111. The normalized spacial score (nSPS) is 15.1. The van der Waals surface area contributed by atoms with E-state index >= 15 is 0 Å². The Morgan fingerprint density at radius 2 is 1.53 bits per heavy atom. The molecular weight excluding hydrogens is 228 g/mol. The van der Waals surface area contributed by atoms with Crippen molar-refractivity contribution in [2.24, 2.45) is 0 Å². The molecule has 0 spiro atoms. The smallest absolute Gasteiger partial charge is 0.237 e. The van der Waals surface area contributed by atoms with Gasteiger partial charge in [-0.25, -0.2) is 0 Å². The van der Waals surface area contributed by atoms with Crippen LogP contribution in [-0.2, 0) is 4.79 Å². The van der Waals surface area contributed by atoms with Crippen molar-refractivity contribution in [2.45, 2.75) is 6.92 Å². The van der Waals surface area contributed by atoms with E-state index in [1.807, 2.05) is 0 Å². The molecule has 0 radical (unpaired) electrons. The van der Waals surface area contributed by atoms with E-state index < -0.39 is 40.1 Å². The lowest BCUT2D eigenvalue weighted by Gasteiger charge is -2.17. The number of hydrogen-bond donors (Lipinski definition) is 4. The SMILES string of the molecule is CC1=C(O)c2cc(O)c(O)c(O)c2C(=O)C1=O. The van der Waals surface area contributed by atoms with E-state index in [1.54, 1.807) is 0 Å². The molecule has 0 fully saturated rings. The van der Waals surface area contributed by atoms with Gasteiger partial charge in [-0.15, -0.1) is 0 Å². The molecule has 0 aromatic heterocycles. The summed E-state index contributed by atoms with van der Waals surface area (Å²) in [4.78, 5) is 23.0. The summed E-state index contributed by atoms with van der Waals surface area (Å²) in [7, 11) is 0. The van der Waals surface area contributed by atoms with Gasteiger partial charge in [-0.05, 0) is 13.0 Å². The number of aliphatic hydroxyl groups excluding tert-OH is 1. The Labute approximate surface area is 95.1 Å². The number of aliphatic hydroxyl groups is 1. The summed E-state index contributed by atoms with van der Waals surface area (Å²) in [5, 5.41) is 37.7. The van der Waals surface area contributed by atoms with E-state index in [0.717, 1.165) is 6.07 Å². The fourth-order valence-corrected chi connectivity index (χ4v) is 1.65. The summed E-state index contributed by atoms with van der Waals surface area (Å²) in [6, 6.07) is 0.910. The average Bonchev–Trinajstić information content (AvgIpc) is 2.30. The Balaban J connectivity index is 2.91. The van der Waals surface area contributed by atoms with Crippen molar-refractivity contribution in [1.82, 2.24) is 0 Å². The van der Waals surface area contributed by atoms with E-state index in [4.69, 9.17) is 0 Å². The average molecular weight is 236 g/mol. The zero-order valence-corrected chi connectivity index (χ0v) is 8.68. The van der Waals surface area contributed by atoms with Gasteiger partial charge in [0.25, 0.3) is 0 Å². The first-order chi connectivity index (χ1) is 7.86. The maximum atomic E-state index is 11.6. The van der Waals surface area contributed by atoms with Crippen LogP contribution in [0.1, 0.15) is 22.8 Å². The monoisotopic (exact) mass is 236 g/mol. The second kappa shape index (κ2) is 3.24. The first kappa shape index (κ1) is 11.0. The highest BCUT2D eigenvalue weighted by atomic mass is 16.3. The fourth-order valence-electron chi connectivity index (χ4n) is 1.65. The molecule has 17 heavy (non-hydrogen) atoms. The van der Waals surface area contributed by atoms with Crippen LogP contribution in [0.5, 0.6) is 17.2 Å². The summed E-state index contributed by atoms with van der Waals surface area (Å²) in [6.45, 7) is 1.25. The lowest BCUT2D eigenvalue weighted by Crippen LogP contribution is -2.22. The van der Waals surface area contributed by atoms with Gasteiger partial charge in [0.1, 0.15) is 5.76 Å². The Kier molecular flexibility index (Phi) is 2.10. The van der Waals surface area contributed by atoms with Crippen LogP contribution in [0, 0.1) is 0 Å². The van der Waals surface area contributed by atoms with Gasteiger partial charge in [-0.2, -0.15) is 0 Å². The largest absolute Gasteiger partial charge is 0.507 e. The summed E-state index contributed by atoms with van der Waals surface area (Å²) < 4.78 is 0. The van der Waals surface area contributed by atoms with Crippen LogP contribution in [0.3, 0.4) is 0 Å². The Hall–Kier alpha value is -2.50. The van der Waals surface area contributed by atoms with Crippen molar-refractivity contribution in [1.29, 1.82) is 0 Å². The number of carbonyl (C=O) groups is 2.